The molecular weight excluding hydrogens is 394 g/mol. The first-order valence-electron chi connectivity index (χ1n) is 7.90. The Bertz CT molecular complexity index is 784. The van der Waals surface area contributed by atoms with Crippen LogP contribution in [0.4, 0.5) is 10.8 Å². The lowest BCUT2D eigenvalue weighted by molar-refractivity contribution is -0.132. The molecule has 0 fully saturated rings. The summed E-state index contributed by atoms with van der Waals surface area (Å²) in [7, 11) is 1.76. The number of benzene rings is 1. The molecule has 0 unspecified atom stereocenters. The van der Waals surface area contributed by atoms with E-state index in [9.17, 15) is 9.59 Å². The number of hydrogen-bond donors (Lipinski definition) is 2. The maximum absolute atomic E-state index is 12.4. The lowest BCUT2D eigenvalue weighted by Gasteiger charge is -2.20. The highest BCUT2D eigenvalue weighted by Crippen LogP contribution is 2.25. The second-order valence-corrected chi connectivity index (χ2v) is 7.96. The molecule has 1 heterocycles. The molecule has 140 valence electrons. The molecule has 0 aliphatic carbocycles. The summed E-state index contributed by atoms with van der Waals surface area (Å²) < 4.78 is 0.706. The molecule has 2 amide bonds. The summed E-state index contributed by atoms with van der Waals surface area (Å²) in [4.78, 5) is 26.2. The van der Waals surface area contributed by atoms with Crippen LogP contribution in [0.5, 0.6) is 0 Å². The van der Waals surface area contributed by atoms with Crippen molar-refractivity contribution in [2.24, 2.45) is 0 Å². The normalized spacial score (nSPS) is 10.5. The van der Waals surface area contributed by atoms with Gasteiger partial charge in [0.15, 0.2) is 4.34 Å². The monoisotopic (exact) mass is 413 g/mol. The van der Waals surface area contributed by atoms with E-state index in [-0.39, 0.29) is 24.1 Å². The van der Waals surface area contributed by atoms with Gasteiger partial charge in [-0.25, -0.2) is 0 Å². The first kappa shape index (κ1) is 20.5. The van der Waals surface area contributed by atoms with Gasteiger partial charge in [0.25, 0.3) is 0 Å². The molecule has 1 aromatic carbocycles. The Hall–Kier alpha value is -1.84. The van der Waals surface area contributed by atoms with Crippen molar-refractivity contribution in [1.82, 2.24) is 15.1 Å². The Kier molecular flexibility index (Phi) is 7.67. The molecule has 0 saturated heterocycles. The zero-order chi connectivity index (χ0) is 19.1. The quantitative estimate of drug-likeness (QED) is 0.646. The van der Waals surface area contributed by atoms with E-state index in [0.29, 0.717) is 26.7 Å². The Morgan fingerprint density at radius 2 is 2.12 bits per heavy atom. The van der Waals surface area contributed by atoms with E-state index in [2.05, 4.69) is 20.8 Å². The van der Waals surface area contributed by atoms with Crippen molar-refractivity contribution in [2.45, 2.75) is 18.2 Å². The summed E-state index contributed by atoms with van der Waals surface area (Å²) >= 11 is 8.65. The van der Waals surface area contributed by atoms with Crippen LogP contribution in [0, 0.1) is 6.92 Å². The molecule has 26 heavy (non-hydrogen) atoms. The van der Waals surface area contributed by atoms with E-state index < -0.39 is 0 Å². The minimum Gasteiger partial charge on any atom is -0.363 e. The van der Waals surface area contributed by atoms with Crippen molar-refractivity contribution in [3.8, 4) is 0 Å². The van der Waals surface area contributed by atoms with Crippen LogP contribution in [0.1, 0.15) is 12.5 Å². The van der Waals surface area contributed by atoms with E-state index in [1.807, 2.05) is 19.9 Å². The van der Waals surface area contributed by atoms with Gasteiger partial charge in [-0.05, 0) is 31.5 Å². The highest BCUT2D eigenvalue weighted by atomic mass is 35.5. The van der Waals surface area contributed by atoms with Gasteiger partial charge in [-0.3, -0.25) is 9.59 Å². The maximum Gasteiger partial charge on any atom is 0.244 e. The molecule has 7 nitrogen and oxygen atoms in total. The molecule has 0 atom stereocenters. The van der Waals surface area contributed by atoms with Gasteiger partial charge in [0, 0.05) is 24.3 Å². The molecule has 0 radical (unpaired) electrons. The third-order valence-electron chi connectivity index (χ3n) is 3.48. The van der Waals surface area contributed by atoms with E-state index in [4.69, 9.17) is 11.6 Å². The number of aromatic nitrogens is 2. The number of thioether (sulfide) groups is 1. The van der Waals surface area contributed by atoms with E-state index >= 15 is 0 Å². The lowest BCUT2D eigenvalue weighted by atomic mass is 10.2. The minimum absolute atomic E-state index is 0.0142. The van der Waals surface area contributed by atoms with Crippen LogP contribution >= 0.6 is 34.7 Å². The Morgan fingerprint density at radius 3 is 2.77 bits per heavy atom. The number of aryl methyl sites for hydroxylation is 1. The van der Waals surface area contributed by atoms with Crippen LogP contribution in [-0.4, -0.2) is 52.8 Å². The summed E-state index contributed by atoms with van der Waals surface area (Å²) in [5, 5.41) is 14.9. The first-order chi connectivity index (χ1) is 12.4. The summed E-state index contributed by atoms with van der Waals surface area (Å²) in [6.07, 6.45) is 0. The van der Waals surface area contributed by atoms with Crippen LogP contribution < -0.4 is 10.6 Å². The van der Waals surface area contributed by atoms with Gasteiger partial charge in [0.1, 0.15) is 0 Å². The lowest BCUT2D eigenvalue weighted by Crippen LogP contribution is -2.38. The van der Waals surface area contributed by atoms with Gasteiger partial charge < -0.3 is 15.5 Å². The van der Waals surface area contributed by atoms with Gasteiger partial charge in [0.2, 0.25) is 16.9 Å². The standard InChI is InChI=1S/C16H20ClN5O2S2/c1-4-22(14(24)9-25-16-21-20-15(18-3)26-16)8-13(23)19-12-7-11(17)6-5-10(12)2/h5-7H,4,8-9H2,1-3H3,(H,18,20)(H,19,23). The highest BCUT2D eigenvalue weighted by Gasteiger charge is 2.17. The van der Waals surface area contributed by atoms with Crippen molar-refractivity contribution >= 4 is 57.3 Å². The van der Waals surface area contributed by atoms with Crippen molar-refractivity contribution in [1.29, 1.82) is 0 Å². The molecule has 0 aliphatic rings. The number of anilines is 2. The van der Waals surface area contributed by atoms with E-state index in [1.54, 1.807) is 19.2 Å². The molecular formula is C16H20ClN5O2S2. The zero-order valence-electron chi connectivity index (χ0n) is 14.7. The van der Waals surface area contributed by atoms with Gasteiger partial charge in [-0.2, -0.15) is 0 Å². The second-order valence-electron chi connectivity index (χ2n) is 5.33. The number of amides is 2. The van der Waals surface area contributed by atoms with Gasteiger partial charge in [-0.1, -0.05) is 40.8 Å². The Labute approximate surface area is 165 Å². The first-order valence-corrected chi connectivity index (χ1v) is 10.1. The van der Waals surface area contributed by atoms with Crippen LogP contribution in [0.3, 0.4) is 0 Å². The molecule has 0 aliphatic heterocycles. The SMILES string of the molecule is CCN(CC(=O)Nc1cc(Cl)ccc1C)C(=O)CSc1nnc(NC)s1. The fourth-order valence-electron chi connectivity index (χ4n) is 2.05. The molecule has 2 aromatic rings. The molecule has 0 spiro atoms. The van der Waals surface area contributed by atoms with Crippen molar-refractivity contribution in [2.75, 3.05) is 36.5 Å². The average Bonchev–Trinajstić information content (AvgIpc) is 3.09. The van der Waals surface area contributed by atoms with Crippen molar-refractivity contribution < 1.29 is 9.59 Å². The third-order valence-corrected chi connectivity index (χ3v) is 5.78. The van der Waals surface area contributed by atoms with Gasteiger partial charge in [-0.15, -0.1) is 10.2 Å². The number of halogens is 1. The predicted octanol–water partition coefficient (Wildman–Crippen LogP) is 3.12. The molecule has 1 aromatic heterocycles. The third kappa shape index (κ3) is 5.86. The fraction of sp³-hybridized carbons (Fsp3) is 0.375. The Balaban J connectivity index is 1.89. The molecule has 10 heteroatoms. The summed E-state index contributed by atoms with van der Waals surface area (Å²) in [5.41, 5.74) is 1.55. The number of hydrogen-bond acceptors (Lipinski definition) is 7. The maximum atomic E-state index is 12.4. The van der Waals surface area contributed by atoms with Gasteiger partial charge in [0.05, 0.1) is 12.3 Å². The largest absolute Gasteiger partial charge is 0.363 e. The summed E-state index contributed by atoms with van der Waals surface area (Å²) in [6, 6.07) is 5.29. The van der Waals surface area contributed by atoms with Crippen LogP contribution in [0.25, 0.3) is 0 Å². The number of nitrogens with zero attached hydrogens (tertiary/aromatic N) is 3. The van der Waals surface area contributed by atoms with Crippen LogP contribution in [-0.2, 0) is 9.59 Å². The number of carbonyl (C=O) groups excluding carboxylic acids is 2. The average molecular weight is 414 g/mol. The fourth-order valence-corrected chi connectivity index (χ4v) is 3.83. The topological polar surface area (TPSA) is 87.2 Å². The number of likely N-dealkylation sites (N-methyl/N-ethyl adjacent to an activating group) is 1. The summed E-state index contributed by atoms with van der Waals surface area (Å²) in [5.74, 6) is -0.184. The van der Waals surface area contributed by atoms with Crippen LogP contribution in [0.15, 0.2) is 22.5 Å². The highest BCUT2D eigenvalue weighted by molar-refractivity contribution is 8.01. The second kappa shape index (κ2) is 9.75. The Morgan fingerprint density at radius 1 is 1.35 bits per heavy atom. The van der Waals surface area contributed by atoms with Crippen molar-refractivity contribution in [3.05, 3.63) is 28.8 Å². The predicted molar refractivity (Wildman–Crippen MR) is 107 cm³/mol. The summed E-state index contributed by atoms with van der Waals surface area (Å²) in [6.45, 7) is 4.15. The molecule has 2 rings (SSSR count). The van der Waals surface area contributed by atoms with E-state index in [1.165, 1.54) is 28.0 Å². The zero-order valence-corrected chi connectivity index (χ0v) is 17.1. The van der Waals surface area contributed by atoms with E-state index in [0.717, 1.165) is 5.56 Å². The minimum atomic E-state index is -0.260. The number of carbonyl (C=O) groups is 2. The molecule has 0 bridgehead atoms. The number of nitrogens with one attached hydrogen (secondary N) is 2. The van der Waals surface area contributed by atoms with Gasteiger partial charge >= 0.3 is 0 Å². The van der Waals surface area contributed by atoms with Crippen molar-refractivity contribution in [3.63, 3.8) is 0 Å². The smallest absolute Gasteiger partial charge is 0.244 e. The number of rotatable bonds is 8. The molecule has 0 saturated carbocycles. The van der Waals surface area contributed by atoms with Crippen LogP contribution in [0.2, 0.25) is 5.02 Å². The molecule has 2 N–H and O–H groups in total.